The number of morpholine rings is 1. The van der Waals surface area contributed by atoms with Crippen LogP contribution in [0.2, 0.25) is 0 Å². The number of carbonyl (C=O) groups is 1. The average Bonchev–Trinajstić information content (AvgIpc) is 1.60. The molecule has 6 unspecified atom stereocenters. The van der Waals surface area contributed by atoms with E-state index in [1.807, 2.05) is 136 Å². The van der Waals surface area contributed by atoms with Crippen molar-refractivity contribution in [3.63, 3.8) is 0 Å². The molecular weight excluding hydrogens is 1930 g/mol. The van der Waals surface area contributed by atoms with E-state index >= 15 is 0 Å². The second-order valence-corrected chi connectivity index (χ2v) is 43.6. The number of pyridine rings is 1. The van der Waals surface area contributed by atoms with Crippen molar-refractivity contribution in [2.75, 3.05) is 136 Å². The number of hydrogen-bond acceptors (Lipinski definition) is 40. The first-order chi connectivity index (χ1) is 66.1. The maximum absolute atomic E-state index is 12.7. The van der Waals surface area contributed by atoms with Gasteiger partial charge in [0.2, 0.25) is 0 Å². The standard InChI is InChI=1S/C21H23N5O3S2.C21H22N4O3S3.C18H20N4O3S.C16H11N5OS3.C14H20N4O4S/c1-4-10-31(27)21-25-17-16(14-6-5-7-15(11-14)29-9-8-28-3)24-19(26-20(17)30-21)18-22-12-13(2)23-18;1-3-12-31(26)21-16(22)15-17(13-4-6-14(7-5-13)28-10-9-27-2)24-18(25-19(15)30-21)20-23-8-11-29-20;1-5-10-26(24)18-20-13-14(17(23)22(3)4)19-15(21-16(13)25-18)12-8-6-11(2)7-9-12;22-25(9-4-5-9)16-20-12-11(10-3-1-2-6-17-10)19-13(21-14(12)24-16)15-18-7-8-23-15;1-20-7-8-23(19)11-9-10-12(16-11)13(17-14(15-10)21-2)18-3-5-22-6-4-18/h5-7,11-12,18H,4,8-10H2,1-3H3;4-8,11H,3,9-10,12,22H2,1-2H3;6-9H,5,10H2,1-4H3;1-3,6-9H,4-5H2;3-9H2,1-2H3. The Kier molecular flexibility index (Phi) is 34.4. The van der Waals surface area contributed by atoms with E-state index in [1.54, 1.807) is 60.2 Å². The van der Waals surface area contributed by atoms with Crippen molar-refractivity contribution in [2.45, 2.75) is 103 Å². The molecule has 12 aromatic heterocycles. The topological polar surface area (TPSA) is 456 Å². The van der Waals surface area contributed by atoms with Crippen LogP contribution in [-0.2, 0) is 79.4 Å². The molecule has 1 aliphatic carbocycles. The SMILES string of the molecule is CCCS(=O)c1nc2c(-c3cccc(OCCOC)c3)nc(C3N=CC(C)=N3)nc2s1.CCCS(=O)c1nc2c(C(=O)N(C)C)nc(-c3ccc(C)cc3)nc2o1.CCCS(=O)c1sc2nc(-c3nccs3)nc(-c3ccc(OCCOC)cc3)c2c1N.COCCS(=O)C1=Nc2c(nc(OC)nc2N2CCOCC2)C1.O=S(c1nc2c(-c3ccccn3)nc(-c3nccs3)nc2s1)C1CC1. The van der Waals surface area contributed by atoms with E-state index in [-0.39, 0.29) is 33.3 Å². The predicted molar refractivity (Wildman–Crippen MR) is 537 cm³/mol. The van der Waals surface area contributed by atoms with E-state index in [4.69, 9.17) is 58.3 Å². The van der Waals surface area contributed by atoms with Gasteiger partial charge in [0.05, 0.1) is 123 Å². The van der Waals surface area contributed by atoms with Crippen LogP contribution in [0.5, 0.6) is 17.5 Å². The van der Waals surface area contributed by atoms with E-state index in [1.165, 1.54) is 68.7 Å². The van der Waals surface area contributed by atoms with Crippen LogP contribution in [0.4, 0.5) is 17.2 Å². The number of aliphatic imine (C=N–C) groups is 3. The summed E-state index contributed by atoms with van der Waals surface area (Å²) in [4.78, 5) is 104. The number of thiazole rings is 4. The Hall–Kier alpha value is -11.3. The number of ether oxygens (including phenoxy) is 7. The molecule has 4 aliphatic rings. The minimum absolute atomic E-state index is 0.0741. The monoisotopic (exact) mass is 2030 g/mol. The lowest BCUT2D eigenvalue weighted by atomic mass is 10.1. The van der Waals surface area contributed by atoms with E-state index in [0.29, 0.717) is 178 Å². The van der Waals surface area contributed by atoms with E-state index < -0.39 is 60.2 Å². The Morgan fingerprint density at radius 1 is 0.574 bits per heavy atom. The normalized spacial score (nSPS) is 14.9. The average molecular weight is 2030 g/mol. The number of carbonyl (C=O) groups excluding carboxylic acids is 1. The Balaban J connectivity index is 0.000000130. The fourth-order valence-corrected chi connectivity index (χ4v) is 24.0. The molecule has 2 fully saturated rings. The molecule has 0 spiro atoms. The highest BCUT2D eigenvalue weighted by atomic mass is 32.2. The van der Waals surface area contributed by atoms with Crippen LogP contribution < -0.4 is 24.8 Å². The molecule has 0 radical (unpaired) electrons. The van der Waals surface area contributed by atoms with Gasteiger partial charge in [-0.05, 0) is 94.5 Å². The van der Waals surface area contributed by atoms with Gasteiger partial charge in [-0.15, -0.1) is 34.0 Å². The van der Waals surface area contributed by atoms with Gasteiger partial charge in [0.25, 0.3) is 16.8 Å². The summed E-state index contributed by atoms with van der Waals surface area (Å²) in [5.41, 5.74) is 17.4. The molecule has 0 bridgehead atoms. The zero-order valence-corrected chi connectivity index (χ0v) is 84.1. The number of thiophene rings is 1. The number of hydrogen-bond donors (Lipinski definition) is 1. The molecule has 15 aromatic rings. The molecule has 6 atom stereocenters. The smallest absolute Gasteiger partial charge is 0.318 e. The lowest BCUT2D eigenvalue weighted by Crippen LogP contribution is -2.37. The second kappa shape index (κ2) is 47.2. The number of nitrogen functional groups attached to an aromatic ring is 1. The number of fused-ring (bicyclic) bond motifs is 5. The molecule has 3 aromatic carbocycles. The highest BCUT2D eigenvalue weighted by molar-refractivity contribution is 8.00. The number of nitrogens with zero attached hydrogens (tertiary/aromatic N) is 21. The molecule has 15 heterocycles. The first kappa shape index (κ1) is 99.2. The van der Waals surface area contributed by atoms with Crippen LogP contribution in [0, 0.1) is 6.92 Å². The quantitative estimate of drug-likeness (QED) is 0.0383. The molecule has 710 valence electrons. The molecule has 3 aliphatic heterocycles. The van der Waals surface area contributed by atoms with Crippen molar-refractivity contribution in [3.8, 4) is 84.5 Å². The summed E-state index contributed by atoms with van der Waals surface area (Å²) in [6.45, 7) is 15.0. The molecule has 1 saturated heterocycles. The highest BCUT2D eigenvalue weighted by Crippen LogP contribution is 2.44. The van der Waals surface area contributed by atoms with Crippen LogP contribution in [0.15, 0.2) is 158 Å². The molecule has 1 saturated carbocycles. The first-order valence-corrected chi connectivity index (χ1v) is 53.8. The van der Waals surface area contributed by atoms with Crippen LogP contribution >= 0.6 is 56.7 Å². The molecule has 1 amide bonds. The zero-order valence-electron chi connectivity index (χ0n) is 76.0. The molecular formula is C90H96N22O14S10. The van der Waals surface area contributed by atoms with Crippen LogP contribution in [-0.4, -0.2) is 259 Å². The highest BCUT2D eigenvalue weighted by Gasteiger charge is 2.34. The number of aryl methyl sites for hydroxylation is 1. The van der Waals surface area contributed by atoms with Crippen molar-refractivity contribution in [1.29, 1.82) is 0 Å². The number of oxazole rings is 1. The largest absolute Gasteiger partial charge is 0.491 e. The van der Waals surface area contributed by atoms with Crippen molar-refractivity contribution in [3.05, 3.63) is 143 Å². The Labute approximate surface area is 815 Å². The third-order valence-electron chi connectivity index (χ3n) is 20.1. The zero-order chi connectivity index (χ0) is 95.5. The summed E-state index contributed by atoms with van der Waals surface area (Å²) in [7, 11) is 3.76. The molecule has 2 N–H and O–H groups in total. The van der Waals surface area contributed by atoms with Crippen molar-refractivity contribution >= 4 is 193 Å². The van der Waals surface area contributed by atoms with Crippen molar-refractivity contribution in [1.82, 2.24) is 84.6 Å². The summed E-state index contributed by atoms with van der Waals surface area (Å²) in [5.74, 6) is 5.81. The van der Waals surface area contributed by atoms with Gasteiger partial charge in [-0.25, -0.2) is 64.0 Å². The summed E-state index contributed by atoms with van der Waals surface area (Å²) in [6.07, 6.45) is 11.3. The second-order valence-electron chi connectivity index (χ2n) is 30.4. The summed E-state index contributed by atoms with van der Waals surface area (Å²) < 4.78 is 107. The number of methoxy groups -OCH3 is 4. The van der Waals surface area contributed by atoms with Gasteiger partial charge < -0.3 is 53.1 Å². The lowest BCUT2D eigenvalue weighted by molar-refractivity contribution is 0.0823. The van der Waals surface area contributed by atoms with Crippen LogP contribution in [0.25, 0.3) is 109 Å². The Bertz CT molecular complexity index is 6940. The minimum atomic E-state index is -1.37. The maximum Gasteiger partial charge on any atom is 0.318 e. The van der Waals surface area contributed by atoms with E-state index in [0.717, 1.165) is 116 Å². The molecule has 136 heavy (non-hydrogen) atoms. The number of aromatic nitrogens is 16. The summed E-state index contributed by atoms with van der Waals surface area (Å²) in [5, 5.41) is 6.92. The number of benzene rings is 3. The third kappa shape index (κ3) is 24.3. The van der Waals surface area contributed by atoms with Gasteiger partial charge in [0.1, 0.15) is 87.4 Å². The Morgan fingerprint density at radius 3 is 1.88 bits per heavy atom. The van der Waals surface area contributed by atoms with Crippen molar-refractivity contribution < 1.29 is 63.4 Å². The number of nitrogens with two attached hydrogens (primary N) is 1. The molecule has 46 heteroatoms. The number of anilines is 2. The van der Waals surface area contributed by atoms with Gasteiger partial charge in [0, 0.05) is 130 Å². The Morgan fingerprint density at radius 2 is 1.23 bits per heavy atom. The van der Waals surface area contributed by atoms with Gasteiger partial charge in [0.15, 0.2) is 65.2 Å². The fraction of sp³-hybridized carbons (Fsp3) is 0.356. The maximum atomic E-state index is 12.7. The number of rotatable bonds is 32. The molecule has 19 rings (SSSR count). The van der Waals surface area contributed by atoms with Gasteiger partial charge in [-0.2, -0.15) is 19.9 Å². The lowest BCUT2D eigenvalue weighted by Gasteiger charge is -2.28. The van der Waals surface area contributed by atoms with E-state index in [9.17, 15) is 25.8 Å². The van der Waals surface area contributed by atoms with Gasteiger partial charge in [-0.1, -0.05) is 91.5 Å². The van der Waals surface area contributed by atoms with Crippen molar-refractivity contribution in [2.24, 2.45) is 15.0 Å². The van der Waals surface area contributed by atoms with Gasteiger partial charge >= 0.3 is 6.01 Å². The first-order valence-electron chi connectivity index (χ1n) is 43.1. The minimum Gasteiger partial charge on any atom is -0.491 e. The van der Waals surface area contributed by atoms with Gasteiger partial charge in [-0.3, -0.25) is 36.6 Å². The van der Waals surface area contributed by atoms with Crippen LogP contribution in [0.3, 0.4) is 0 Å². The summed E-state index contributed by atoms with van der Waals surface area (Å²) >= 11 is 7.05. The number of amides is 1. The third-order valence-corrected chi connectivity index (χ3v) is 33.2. The van der Waals surface area contributed by atoms with Crippen LogP contribution in [0.1, 0.15) is 93.5 Å². The fourth-order valence-electron chi connectivity index (χ4n) is 13.4. The predicted octanol–water partition coefficient (Wildman–Crippen LogP) is 15.1. The summed E-state index contributed by atoms with van der Waals surface area (Å²) in [6, 6.07) is 28.9. The van der Waals surface area contributed by atoms with E-state index in [2.05, 4.69) is 84.7 Å². The molecule has 36 nitrogen and oxygen atoms in total.